The zero-order valence-corrected chi connectivity index (χ0v) is 4.99. The van der Waals surface area contributed by atoms with Crippen molar-refractivity contribution in [1.29, 1.82) is 0 Å². The Kier molecular flexibility index (Phi) is 0.886. The molecule has 2 rings (SSSR count). The van der Waals surface area contributed by atoms with E-state index in [2.05, 4.69) is 10.4 Å². The molecule has 0 aliphatic carbocycles. The van der Waals surface area contributed by atoms with Crippen molar-refractivity contribution in [3.63, 3.8) is 0 Å². The van der Waals surface area contributed by atoms with Gasteiger partial charge < -0.3 is 0 Å². The topological polar surface area (TPSA) is 29.5 Å². The average Bonchev–Trinajstić information content (AvgIpc) is 2.33. The molecule has 9 heavy (non-hydrogen) atoms. The third kappa shape index (κ3) is 0.650. The number of hydrogen-bond acceptors (Lipinski definition) is 1. The second kappa shape index (κ2) is 1.69. The third-order valence-electron chi connectivity index (χ3n) is 1.41. The van der Waals surface area contributed by atoms with Crippen LogP contribution in [0.5, 0.6) is 0 Å². The maximum Gasteiger partial charge on any atom is 0.251 e. The van der Waals surface area contributed by atoms with E-state index < -0.39 is 0 Å². The van der Waals surface area contributed by atoms with Crippen LogP contribution in [0, 0.1) is 0 Å². The molecule has 2 heterocycles. The molecule has 0 N–H and O–H groups in total. The van der Waals surface area contributed by atoms with Crippen molar-refractivity contribution in [2.75, 3.05) is 13.1 Å². The van der Waals surface area contributed by atoms with Gasteiger partial charge in [0.15, 0.2) is 6.54 Å². The van der Waals surface area contributed by atoms with Crippen LogP contribution in [0.15, 0.2) is 17.3 Å². The lowest BCUT2D eigenvalue weighted by Gasteiger charge is -1.97. The zero-order valence-electron chi connectivity index (χ0n) is 4.99. The SMILES string of the molecule is C1=CC2=[N+](CCN=C2)[N]1. The molecule has 0 spiro atoms. The molecule has 2 aliphatic rings. The van der Waals surface area contributed by atoms with Gasteiger partial charge in [0.1, 0.15) is 12.7 Å². The van der Waals surface area contributed by atoms with Gasteiger partial charge in [0.2, 0.25) is 0 Å². The minimum absolute atomic E-state index is 0.870. The summed E-state index contributed by atoms with van der Waals surface area (Å²) in [5.41, 5.74) is 5.19. The van der Waals surface area contributed by atoms with Crippen molar-refractivity contribution in [3.8, 4) is 0 Å². The molecule has 1 radical (unpaired) electrons. The van der Waals surface area contributed by atoms with Gasteiger partial charge in [-0.05, 0) is 5.43 Å². The quantitative estimate of drug-likeness (QED) is 0.389. The van der Waals surface area contributed by atoms with Gasteiger partial charge in [-0.2, -0.15) is 0 Å². The summed E-state index contributed by atoms with van der Waals surface area (Å²) in [5.74, 6) is 0. The molecule has 0 bridgehead atoms. The summed E-state index contributed by atoms with van der Waals surface area (Å²) >= 11 is 0. The summed E-state index contributed by atoms with van der Waals surface area (Å²) in [6.45, 7) is 1.80. The molecule has 0 amide bonds. The highest BCUT2D eigenvalue weighted by Crippen LogP contribution is 1.93. The van der Waals surface area contributed by atoms with Crippen LogP contribution >= 0.6 is 0 Å². The molecule has 0 fully saturated rings. The van der Waals surface area contributed by atoms with Crippen LogP contribution in [0.4, 0.5) is 0 Å². The van der Waals surface area contributed by atoms with Crippen LogP contribution in [0.1, 0.15) is 0 Å². The molecule has 0 unspecified atom stereocenters. The van der Waals surface area contributed by atoms with Gasteiger partial charge in [-0.3, -0.25) is 4.99 Å². The molecular weight excluding hydrogens is 114 g/mol. The maximum atomic E-state index is 4.10. The van der Waals surface area contributed by atoms with E-state index in [1.165, 1.54) is 0 Å². The Morgan fingerprint density at radius 1 is 1.56 bits per heavy atom. The van der Waals surface area contributed by atoms with E-state index in [0.717, 1.165) is 18.8 Å². The van der Waals surface area contributed by atoms with Crippen LogP contribution < -0.4 is 5.43 Å². The Hall–Kier alpha value is -1.12. The van der Waals surface area contributed by atoms with Gasteiger partial charge in [0, 0.05) is 6.08 Å². The third-order valence-corrected chi connectivity index (χ3v) is 1.41. The molecule has 0 atom stereocenters. The second-order valence-corrected chi connectivity index (χ2v) is 2.01. The van der Waals surface area contributed by atoms with Crippen LogP contribution in [-0.2, 0) is 0 Å². The van der Waals surface area contributed by atoms with Crippen LogP contribution in [-0.4, -0.2) is 29.7 Å². The fourth-order valence-electron chi connectivity index (χ4n) is 0.950. The van der Waals surface area contributed by atoms with Crippen molar-refractivity contribution in [1.82, 2.24) is 5.43 Å². The Morgan fingerprint density at radius 3 is 3.44 bits per heavy atom. The van der Waals surface area contributed by atoms with E-state index in [0.29, 0.717) is 0 Å². The maximum absolute atomic E-state index is 4.10. The molecular formula is C6H7N3+. The fourth-order valence-corrected chi connectivity index (χ4v) is 0.950. The average molecular weight is 121 g/mol. The van der Waals surface area contributed by atoms with Crippen LogP contribution in [0.2, 0.25) is 0 Å². The van der Waals surface area contributed by atoms with E-state index in [1.807, 2.05) is 17.0 Å². The minimum Gasteiger partial charge on any atom is -0.279 e. The molecule has 3 nitrogen and oxygen atoms in total. The lowest BCUT2D eigenvalue weighted by molar-refractivity contribution is -0.574. The van der Waals surface area contributed by atoms with Gasteiger partial charge in [-0.15, -0.1) is 0 Å². The molecule has 45 valence electrons. The highest BCUT2D eigenvalue weighted by Gasteiger charge is 2.19. The first-order valence-corrected chi connectivity index (χ1v) is 2.98. The standard InChI is InChI=1S/C6H7N3/c1-2-8-9-4-3-7-5-6(1)9/h1-2,5H,3-4H2/q+1. The summed E-state index contributed by atoms with van der Waals surface area (Å²) in [4.78, 5) is 4.10. The van der Waals surface area contributed by atoms with Crippen molar-refractivity contribution in [2.24, 2.45) is 4.99 Å². The summed E-state index contributed by atoms with van der Waals surface area (Å²) in [6.07, 6.45) is 5.62. The number of allylic oxidation sites excluding steroid dienone is 1. The van der Waals surface area contributed by atoms with Crippen LogP contribution in [0.25, 0.3) is 0 Å². The Balaban J connectivity index is 2.35. The van der Waals surface area contributed by atoms with Gasteiger partial charge in [0.05, 0.1) is 6.21 Å². The molecule has 0 aromatic heterocycles. The van der Waals surface area contributed by atoms with Gasteiger partial charge in [-0.1, -0.05) is 4.68 Å². The van der Waals surface area contributed by atoms with E-state index >= 15 is 0 Å². The first-order chi connectivity index (χ1) is 4.47. The lowest BCUT2D eigenvalue weighted by atomic mass is 10.3. The smallest absolute Gasteiger partial charge is 0.251 e. The second-order valence-electron chi connectivity index (χ2n) is 2.01. The molecule has 0 aromatic rings. The van der Waals surface area contributed by atoms with Crippen LogP contribution in [0.3, 0.4) is 0 Å². The Labute approximate surface area is 53.4 Å². The van der Waals surface area contributed by atoms with Crippen molar-refractivity contribution in [3.05, 3.63) is 12.3 Å². The minimum atomic E-state index is 0.870. The van der Waals surface area contributed by atoms with E-state index in [1.54, 1.807) is 6.20 Å². The monoisotopic (exact) mass is 121 g/mol. The largest absolute Gasteiger partial charge is 0.279 e. The summed E-state index contributed by atoms with van der Waals surface area (Å²) in [7, 11) is 0. The van der Waals surface area contributed by atoms with E-state index in [9.17, 15) is 0 Å². The van der Waals surface area contributed by atoms with Crippen molar-refractivity contribution in [2.45, 2.75) is 0 Å². The molecule has 0 saturated carbocycles. The van der Waals surface area contributed by atoms with E-state index in [4.69, 9.17) is 0 Å². The number of aliphatic imine (C=N–C) groups is 1. The number of rotatable bonds is 0. The summed E-state index contributed by atoms with van der Waals surface area (Å²) < 4.78 is 1.95. The Morgan fingerprint density at radius 2 is 2.56 bits per heavy atom. The Bertz CT molecular complexity index is 212. The fraction of sp³-hybridized carbons (Fsp3) is 0.333. The number of nitrogens with zero attached hydrogens (tertiary/aromatic N) is 3. The summed E-state index contributed by atoms with van der Waals surface area (Å²) in [5, 5.41) is 0. The van der Waals surface area contributed by atoms with Crippen molar-refractivity contribution < 1.29 is 4.68 Å². The molecule has 0 aromatic carbocycles. The zero-order chi connectivity index (χ0) is 6.10. The molecule has 0 saturated heterocycles. The molecule has 2 aliphatic heterocycles. The number of hydrogen-bond donors (Lipinski definition) is 0. The molecule has 3 heteroatoms. The van der Waals surface area contributed by atoms with Gasteiger partial charge in [-0.25, -0.2) is 0 Å². The van der Waals surface area contributed by atoms with E-state index in [-0.39, 0.29) is 0 Å². The first kappa shape index (κ1) is 4.73. The highest BCUT2D eigenvalue weighted by atomic mass is 15.4. The highest BCUT2D eigenvalue weighted by molar-refractivity contribution is 6.33. The predicted molar refractivity (Wildman–Crippen MR) is 34.8 cm³/mol. The lowest BCUT2D eigenvalue weighted by Crippen LogP contribution is -2.27. The van der Waals surface area contributed by atoms with Gasteiger partial charge >= 0.3 is 0 Å². The van der Waals surface area contributed by atoms with Crippen molar-refractivity contribution >= 4 is 11.9 Å². The normalized spacial score (nSPS) is 22.2. The van der Waals surface area contributed by atoms with Gasteiger partial charge in [0.25, 0.3) is 5.71 Å². The predicted octanol–water partition coefficient (Wildman–Crippen LogP) is -0.429. The summed E-state index contributed by atoms with van der Waals surface area (Å²) in [6, 6.07) is 0. The first-order valence-electron chi connectivity index (χ1n) is 2.98.